The van der Waals surface area contributed by atoms with Gasteiger partial charge in [-0.05, 0) is 36.4 Å². The fourth-order valence-corrected chi connectivity index (χ4v) is 2.13. The Labute approximate surface area is 125 Å². The van der Waals surface area contributed by atoms with Crippen LogP contribution in [0.4, 0.5) is 5.69 Å². The van der Waals surface area contributed by atoms with Gasteiger partial charge in [-0.3, -0.25) is 0 Å². The molecule has 3 rings (SSSR count). The van der Waals surface area contributed by atoms with E-state index in [0.717, 1.165) is 10.9 Å². The van der Waals surface area contributed by atoms with Gasteiger partial charge in [0.1, 0.15) is 5.75 Å². The normalized spacial score (nSPS) is 10.7. The van der Waals surface area contributed by atoms with Crippen LogP contribution >= 0.6 is 23.2 Å². The molecule has 0 bridgehead atoms. The Hall–Kier alpha value is -1.97. The van der Waals surface area contributed by atoms with Gasteiger partial charge in [0.25, 0.3) is 0 Å². The molecule has 0 radical (unpaired) electrons. The Kier molecular flexibility index (Phi) is 3.38. The van der Waals surface area contributed by atoms with E-state index in [4.69, 9.17) is 33.7 Å². The number of pyridine rings is 1. The van der Waals surface area contributed by atoms with Crippen LogP contribution < -0.4 is 10.5 Å². The van der Waals surface area contributed by atoms with Crippen molar-refractivity contribution in [2.24, 2.45) is 0 Å². The Morgan fingerprint density at radius 3 is 2.55 bits per heavy atom. The van der Waals surface area contributed by atoms with Gasteiger partial charge in [-0.15, -0.1) is 0 Å². The smallest absolute Gasteiger partial charge is 0.219 e. The second-order valence-corrected chi connectivity index (χ2v) is 5.09. The summed E-state index contributed by atoms with van der Waals surface area (Å²) in [6, 6.07) is 14.3. The van der Waals surface area contributed by atoms with Crippen LogP contribution in [0.5, 0.6) is 11.6 Å². The van der Waals surface area contributed by atoms with E-state index in [2.05, 4.69) is 4.98 Å². The zero-order chi connectivity index (χ0) is 14.1. The van der Waals surface area contributed by atoms with Crippen LogP contribution in [0.25, 0.3) is 10.9 Å². The minimum atomic E-state index is 0.442. The molecule has 0 spiro atoms. The van der Waals surface area contributed by atoms with Crippen molar-refractivity contribution in [3.63, 3.8) is 0 Å². The van der Waals surface area contributed by atoms with Crippen molar-refractivity contribution < 1.29 is 4.74 Å². The lowest BCUT2D eigenvalue weighted by Gasteiger charge is -2.07. The molecule has 0 aliphatic carbocycles. The monoisotopic (exact) mass is 304 g/mol. The third-order valence-corrected chi connectivity index (χ3v) is 3.54. The van der Waals surface area contributed by atoms with Crippen LogP contribution in [0.15, 0.2) is 48.5 Å². The summed E-state index contributed by atoms with van der Waals surface area (Å²) in [4.78, 5) is 4.41. The number of anilines is 1. The number of ether oxygens (including phenoxy) is 1. The topological polar surface area (TPSA) is 48.1 Å². The molecule has 100 valence electrons. The van der Waals surface area contributed by atoms with E-state index in [1.807, 2.05) is 18.2 Å². The van der Waals surface area contributed by atoms with E-state index in [9.17, 15) is 0 Å². The number of nitrogens with two attached hydrogens (primary N) is 1. The highest BCUT2D eigenvalue weighted by Crippen LogP contribution is 2.29. The number of nitrogen functional groups attached to an aromatic ring is 1. The first-order valence-corrected chi connectivity index (χ1v) is 6.66. The Bertz CT molecular complexity index is 790. The molecular weight excluding hydrogens is 295 g/mol. The molecule has 1 heterocycles. The Morgan fingerprint density at radius 1 is 0.900 bits per heavy atom. The summed E-state index contributed by atoms with van der Waals surface area (Å²) in [5, 5.41) is 1.89. The summed E-state index contributed by atoms with van der Waals surface area (Å²) in [7, 11) is 0. The zero-order valence-corrected chi connectivity index (χ0v) is 11.8. The van der Waals surface area contributed by atoms with Gasteiger partial charge in [-0.25, -0.2) is 4.98 Å². The molecule has 0 atom stereocenters. The molecule has 0 saturated heterocycles. The minimum Gasteiger partial charge on any atom is -0.439 e. The van der Waals surface area contributed by atoms with Crippen molar-refractivity contribution in [2.75, 3.05) is 5.73 Å². The van der Waals surface area contributed by atoms with Crippen LogP contribution in [0.3, 0.4) is 0 Å². The maximum absolute atomic E-state index is 5.95. The van der Waals surface area contributed by atoms with Gasteiger partial charge in [0.15, 0.2) is 0 Å². The molecule has 3 nitrogen and oxygen atoms in total. The van der Waals surface area contributed by atoms with Crippen LogP contribution in [0.1, 0.15) is 0 Å². The molecule has 0 amide bonds. The molecule has 2 N–H and O–H groups in total. The second kappa shape index (κ2) is 5.19. The summed E-state index contributed by atoms with van der Waals surface area (Å²) in [6.07, 6.45) is 0. The predicted octanol–water partition coefficient (Wildman–Crippen LogP) is 4.92. The third-order valence-electron chi connectivity index (χ3n) is 2.80. The first-order chi connectivity index (χ1) is 9.61. The van der Waals surface area contributed by atoms with Crippen molar-refractivity contribution in [3.05, 3.63) is 58.6 Å². The second-order valence-electron chi connectivity index (χ2n) is 4.28. The van der Waals surface area contributed by atoms with Crippen LogP contribution in [0.2, 0.25) is 10.0 Å². The largest absolute Gasteiger partial charge is 0.439 e. The van der Waals surface area contributed by atoms with E-state index >= 15 is 0 Å². The average Bonchev–Trinajstić information content (AvgIpc) is 2.43. The summed E-state index contributed by atoms with van der Waals surface area (Å²) < 4.78 is 5.67. The van der Waals surface area contributed by atoms with E-state index in [1.165, 1.54) is 0 Å². The first kappa shape index (κ1) is 13.0. The number of hydrogen-bond donors (Lipinski definition) is 1. The summed E-state index contributed by atoms with van der Waals surface area (Å²) in [5.74, 6) is 1.07. The fraction of sp³-hybridized carbons (Fsp3) is 0. The van der Waals surface area contributed by atoms with Crippen LogP contribution in [-0.2, 0) is 0 Å². The van der Waals surface area contributed by atoms with Crippen molar-refractivity contribution >= 4 is 39.8 Å². The van der Waals surface area contributed by atoms with Gasteiger partial charge in [0, 0.05) is 23.2 Å². The van der Waals surface area contributed by atoms with Crippen molar-refractivity contribution in [3.8, 4) is 11.6 Å². The van der Waals surface area contributed by atoms with Crippen molar-refractivity contribution in [1.29, 1.82) is 0 Å². The number of rotatable bonds is 2. The number of nitrogens with zero attached hydrogens (tertiary/aromatic N) is 1. The molecule has 1 aromatic heterocycles. The average molecular weight is 305 g/mol. The fourth-order valence-electron chi connectivity index (χ4n) is 1.84. The molecule has 0 saturated carbocycles. The molecule has 0 unspecified atom stereocenters. The molecule has 0 aliphatic heterocycles. The Morgan fingerprint density at radius 2 is 1.75 bits per heavy atom. The standard InChI is InChI=1S/C15H10Cl2N2O/c16-12-4-3-11(8-13(12)17)20-15-6-1-9-7-10(18)2-5-14(9)19-15/h1-8H,18H2. The maximum Gasteiger partial charge on any atom is 0.219 e. The van der Waals surface area contributed by atoms with Crippen molar-refractivity contribution in [1.82, 2.24) is 4.98 Å². The Balaban J connectivity index is 1.94. The lowest BCUT2D eigenvalue weighted by molar-refractivity contribution is 0.465. The number of fused-ring (bicyclic) bond motifs is 1. The van der Waals surface area contributed by atoms with E-state index < -0.39 is 0 Å². The van der Waals surface area contributed by atoms with Crippen molar-refractivity contribution in [2.45, 2.75) is 0 Å². The molecule has 5 heteroatoms. The van der Waals surface area contributed by atoms with E-state index in [-0.39, 0.29) is 0 Å². The molecular formula is C15H10Cl2N2O. The molecule has 2 aromatic carbocycles. The lowest BCUT2D eigenvalue weighted by Crippen LogP contribution is -1.90. The number of hydrogen-bond acceptors (Lipinski definition) is 3. The zero-order valence-electron chi connectivity index (χ0n) is 10.3. The first-order valence-electron chi connectivity index (χ1n) is 5.91. The van der Waals surface area contributed by atoms with E-state index in [1.54, 1.807) is 30.3 Å². The summed E-state index contributed by atoms with van der Waals surface area (Å²) in [5.41, 5.74) is 7.25. The quantitative estimate of drug-likeness (QED) is 0.684. The van der Waals surface area contributed by atoms with Gasteiger partial charge < -0.3 is 10.5 Å². The molecule has 0 aliphatic rings. The van der Waals surface area contributed by atoms with E-state index in [0.29, 0.717) is 27.4 Å². The van der Waals surface area contributed by atoms with Gasteiger partial charge in [0.05, 0.1) is 15.6 Å². The number of aromatic nitrogens is 1. The lowest BCUT2D eigenvalue weighted by atomic mass is 10.2. The highest BCUT2D eigenvalue weighted by atomic mass is 35.5. The highest BCUT2D eigenvalue weighted by Gasteiger charge is 2.04. The molecule has 20 heavy (non-hydrogen) atoms. The number of halogens is 2. The SMILES string of the molecule is Nc1ccc2nc(Oc3ccc(Cl)c(Cl)c3)ccc2c1. The highest BCUT2D eigenvalue weighted by molar-refractivity contribution is 6.42. The van der Waals surface area contributed by atoms with Crippen LogP contribution in [-0.4, -0.2) is 4.98 Å². The van der Waals surface area contributed by atoms with Gasteiger partial charge in [0.2, 0.25) is 5.88 Å². The summed E-state index contributed by atoms with van der Waals surface area (Å²) >= 11 is 11.8. The molecule has 0 fully saturated rings. The predicted molar refractivity (Wildman–Crippen MR) is 82.7 cm³/mol. The summed E-state index contributed by atoms with van der Waals surface area (Å²) in [6.45, 7) is 0. The van der Waals surface area contributed by atoms with Gasteiger partial charge in [-0.1, -0.05) is 23.2 Å². The maximum atomic E-state index is 5.95. The molecule has 3 aromatic rings. The van der Waals surface area contributed by atoms with Gasteiger partial charge in [-0.2, -0.15) is 0 Å². The number of benzene rings is 2. The van der Waals surface area contributed by atoms with Crippen LogP contribution in [0, 0.1) is 0 Å². The minimum absolute atomic E-state index is 0.442. The van der Waals surface area contributed by atoms with Gasteiger partial charge >= 0.3 is 0 Å². The third kappa shape index (κ3) is 2.64.